The molecule has 1 heteroatoms. The Kier molecular flexibility index (Phi) is 5.79. The topological polar surface area (TPSA) is 0 Å². The molecule has 0 aliphatic heterocycles. The molecule has 0 aromatic rings. The molecular formula is C26H40S. The summed E-state index contributed by atoms with van der Waals surface area (Å²) in [5, 5.41) is 1.37. The van der Waals surface area contributed by atoms with Crippen molar-refractivity contribution < 1.29 is 0 Å². The Morgan fingerprint density at radius 2 is 1.00 bits per heavy atom. The summed E-state index contributed by atoms with van der Waals surface area (Å²) >= 11 is 0. The SMILES string of the molecule is CC1=CC(C2CCCCC2)=CC1S(C)(C)C1C=C(C2CCCCC2)C=C1C. The van der Waals surface area contributed by atoms with E-state index in [0.29, 0.717) is 10.5 Å². The zero-order valence-electron chi connectivity index (χ0n) is 18.1. The van der Waals surface area contributed by atoms with Crippen molar-refractivity contribution in [1.29, 1.82) is 0 Å². The summed E-state index contributed by atoms with van der Waals surface area (Å²) in [6, 6.07) is 0. The van der Waals surface area contributed by atoms with Gasteiger partial charge in [-0.25, -0.2) is 10.0 Å². The lowest BCUT2D eigenvalue weighted by Crippen LogP contribution is -2.25. The van der Waals surface area contributed by atoms with E-state index in [1.165, 1.54) is 64.2 Å². The monoisotopic (exact) mass is 384 g/mol. The molecule has 0 N–H and O–H groups in total. The van der Waals surface area contributed by atoms with Crippen LogP contribution in [0.3, 0.4) is 0 Å². The smallest absolute Gasteiger partial charge is 0.0290 e. The van der Waals surface area contributed by atoms with Crippen LogP contribution < -0.4 is 0 Å². The molecule has 0 aromatic heterocycles. The molecule has 4 rings (SSSR count). The number of rotatable bonds is 4. The molecule has 2 fully saturated rings. The van der Waals surface area contributed by atoms with Gasteiger partial charge in [0.05, 0.1) is 0 Å². The van der Waals surface area contributed by atoms with Crippen LogP contribution in [0.1, 0.15) is 78.1 Å². The molecular weight excluding hydrogens is 344 g/mol. The molecule has 0 nitrogen and oxygen atoms in total. The largest absolute Gasteiger partial charge is 0.227 e. The van der Waals surface area contributed by atoms with Crippen LogP contribution in [0.15, 0.2) is 46.6 Å². The van der Waals surface area contributed by atoms with Crippen LogP contribution >= 0.6 is 10.0 Å². The Hall–Kier alpha value is -0.690. The molecule has 2 unspecified atom stereocenters. The predicted octanol–water partition coefficient (Wildman–Crippen LogP) is 7.72. The molecule has 2 saturated carbocycles. The van der Waals surface area contributed by atoms with Crippen LogP contribution in [-0.4, -0.2) is 23.0 Å². The van der Waals surface area contributed by atoms with Gasteiger partial charge in [-0.3, -0.25) is 0 Å². The van der Waals surface area contributed by atoms with E-state index < -0.39 is 10.0 Å². The van der Waals surface area contributed by atoms with Crippen molar-refractivity contribution in [3.05, 3.63) is 46.6 Å². The van der Waals surface area contributed by atoms with E-state index in [1.54, 1.807) is 22.3 Å². The van der Waals surface area contributed by atoms with Gasteiger partial charge in [-0.05, 0) is 75.0 Å². The highest BCUT2D eigenvalue weighted by molar-refractivity contribution is 8.34. The van der Waals surface area contributed by atoms with Crippen molar-refractivity contribution in [2.75, 3.05) is 12.5 Å². The quantitative estimate of drug-likeness (QED) is 0.465. The summed E-state index contributed by atoms with van der Waals surface area (Å²) in [5.74, 6) is 1.70. The Balaban J connectivity index is 1.54. The van der Waals surface area contributed by atoms with Crippen molar-refractivity contribution in [1.82, 2.24) is 0 Å². The van der Waals surface area contributed by atoms with Gasteiger partial charge in [0.25, 0.3) is 0 Å². The van der Waals surface area contributed by atoms with Gasteiger partial charge >= 0.3 is 0 Å². The van der Waals surface area contributed by atoms with Gasteiger partial charge in [0, 0.05) is 10.5 Å². The molecule has 4 aliphatic carbocycles. The summed E-state index contributed by atoms with van der Waals surface area (Å²) in [6.07, 6.45) is 30.1. The summed E-state index contributed by atoms with van der Waals surface area (Å²) in [4.78, 5) is 0. The number of hydrogen-bond acceptors (Lipinski definition) is 0. The second-order valence-electron chi connectivity index (χ2n) is 10.1. The first-order valence-corrected chi connectivity index (χ1v) is 14.1. The third-order valence-electron chi connectivity index (χ3n) is 7.84. The zero-order valence-corrected chi connectivity index (χ0v) is 18.9. The van der Waals surface area contributed by atoms with Crippen molar-refractivity contribution in [3.8, 4) is 0 Å². The standard InChI is InChI=1S/C26H40S/c1-19-15-23(21-11-7-5-8-12-21)17-25(19)27(3,4)26-18-24(16-20(26)2)22-13-9-6-10-14-22/h15-18,21-22,25-26H,5-14H2,1-4H3. The van der Waals surface area contributed by atoms with Gasteiger partial charge in [-0.15, -0.1) is 0 Å². The zero-order chi connectivity index (χ0) is 19.0. The molecule has 0 radical (unpaired) electrons. The van der Waals surface area contributed by atoms with Crippen molar-refractivity contribution >= 4 is 10.0 Å². The third-order valence-corrected chi connectivity index (χ3v) is 11.5. The van der Waals surface area contributed by atoms with Gasteiger partial charge in [0.2, 0.25) is 0 Å². The van der Waals surface area contributed by atoms with Crippen molar-refractivity contribution in [3.63, 3.8) is 0 Å². The van der Waals surface area contributed by atoms with E-state index in [1.807, 2.05) is 0 Å². The minimum atomic E-state index is -0.769. The maximum atomic E-state index is 2.71. The summed E-state index contributed by atoms with van der Waals surface area (Å²) in [6.45, 7) is 4.82. The lowest BCUT2D eigenvalue weighted by atomic mass is 9.84. The van der Waals surface area contributed by atoms with Gasteiger partial charge in [0.15, 0.2) is 0 Å². The fourth-order valence-corrected chi connectivity index (χ4v) is 9.63. The average molecular weight is 385 g/mol. The molecule has 27 heavy (non-hydrogen) atoms. The lowest BCUT2D eigenvalue weighted by Gasteiger charge is -2.43. The van der Waals surface area contributed by atoms with Crippen LogP contribution in [0, 0.1) is 11.8 Å². The molecule has 150 valence electrons. The van der Waals surface area contributed by atoms with E-state index in [4.69, 9.17) is 0 Å². The first-order chi connectivity index (χ1) is 13.0. The second kappa shape index (κ2) is 7.97. The Labute approximate surface area is 169 Å². The summed E-state index contributed by atoms with van der Waals surface area (Å²) < 4.78 is 0. The molecule has 0 spiro atoms. The fraction of sp³-hybridized carbons (Fsp3) is 0.692. The van der Waals surface area contributed by atoms with Crippen LogP contribution in [0.2, 0.25) is 0 Å². The van der Waals surface area contributed by atoms with Gasteiger partial charge in [0.1, 0.15) is 0 Å². The maximum Gasteiger partial charge on any atom is 0.0290 e. The Morgan fingerprint density at radius 3 is 1.37 bits per heavy atom. The molecule has 0 bridgehead atoms. The van der Waals surface area contributed by atoms with Crippen molar-refractivity contribution in [2.24, 2.45) is 11.8 Å². The average Bonchev–Trinajstić information content (AvgIpc) is 3.27. The van der Waals surface area contributed by atoms with Crippen LogP contribution in [0.5, 0.6) is 0 Å². The normalized spacial score (nSPS) is 31.4. The molecule has 4 aliphatic rings. The second-order valence-corrected chi connectivity index (χ2v) is 14.1. The maximum absolute atomic E-state index is 2.71. The van der Waals surface area contributed by atoms with Crippen LogP contribution in [0.4, 0.5) is 0 Å². The molecule has 0 aromatic carbocycles. The molecule has 0 saturated heterocycles. The Morgan fingerprint density at radius 1 is 0.630 bits per heavy atom. The minimum absolute atomic E-state index is 0.685. The highest BCUT2D eigenvalue weighted by Crippen LogP contribution is 2.60. The fourth-order valence-electron chi connectivity index (χ4n) is 6.25. The highest BCUT2D eigenvalue weighted by Gasteiger charge is 2.38. The molecule has 0 amide bonds. The highest BCUT2D eigenvalue weighted by atomic mass is 32.3. The van der Waals surface area contributed by atoms with Crippen LogP contribution in [-0.2, 0) is 0 Å². The molecule has 0 heterocycles. The molecule has 2 atom stereocenters. The minimum Gasteiger partial charge on any atom is -0.227 e. The third kappa shape index (κ3) is 3.91. The Bertz CT molecular complexity index is 617. The lowest BCUT2D eigenvalue weighted by molar-refractivity contribution is 0.408. The number of allylic oxidation sites excluding steroid dienone is 4. The van der Waals surface area contributed by atoms with E-state index in [0.717, 1.165) is 11.8 Å². The van der Waals surface area contributed by atoms with Gasteiger partial charge < -0.3 is 0 Å². The summed E-state index contributed by atoms with van der Waals surface area (Å²) in [5.41, 5.74) is 6.66. The number of hydrogen-bond donors (Lipinski definition) is 0. The summed E-state index contributed by atoms with van der Waals surface area (Å²) in [7, 11) is -0.769. The van der Waals surface area contributed by atoms with Crippen molar-refractivity contribution in [2.45, 2.75) is 88.6 Å². The van der Waals surface area contributed by atoms with E-state index in [9.17, 15) is 0 Å². The van der Waals surface area contributed by atoms with Gasteiger partial charge in [-0.1, -0.05) is 74.0 Å². The first-order valence-electron chi connectivity index (χ1n) is 11.5. The van der Waals surface area contributed by atoms with E-state index >= 15 is 0 Å². The van der Waals surface area contributed by atoms with E-state index in [2.05, 4.69) is 50.7 Å². The predicted molar refractivity (Wildman–Crippen MR) is 124 cm³/mol. The first kappa shape index (κ1) is 19.6. The van der Waals surface area contributed by atoms with Crippen LogP contribution in [0.25, 0.3) is 0 Å². The van der Waals surface area contributed by atoms with Gasteiger partial charge in [-0.2, -0.15) is 0 Å². The van der Waals surface area contributed by atoms with E-state index in [-0.39, 0.29) is 0 Å².